The van der Waals surface area contributed by atoms with Gasteiger partial charge in [-0.3, -0.25) is 4.79 Å². The largest absolute Gasteiger partial charge is 0.496 e. The molecule has 0 saturated heterocycles. The van der Waals surface area contributed by atoms with E-state index in [4.69, 9.17) is 9.47 Å². The fraction of sp³-hybridized carbons (Fsp3) is 0.364. The molecule has 15 heavy (non-hydrogen) atoms. The lowest BCUT2D eigenvalue weighted by molar-refractivity contribution is 0.111. The van der Waals surface area contributed by atoms with Crippen LogP contribution in [-0.4, -0.2) is 25.6 Å². The predicted molar refractivity (Wildman–Crippen MR) is 55.6 cm³/mol. The Morgan fingerprint density at radius 3 is 2.20 bits per heavy atom. The van der Waals surface area contributed by atoms with Gasteiger partial charge in [-0.15, -0.1) is 0 Å². The normalized spacial score (nSPS) is 12.0. The second kappa shape index (κ2) is 4.79. The number of ether oxygens (including phenoxy) is 2. The van der Waals surface area contributed by atoms with Crippen molar-refractivity contribution in [3.8, 4) is 11.5 Å². The summed E-state index contributed by atoms with van der Waals surface area (Å²) in [5, 5.41) is 9.57. The van der Waals surface area contributed by atoms with Crippen molar-refractivity contribution in [3.05, 3.63) is 23.3 Å². The van der Waals surface area contributed by atoms with Crippen LogP contribution in [0.2, 0.25) is 0 Å². The Hall–Kier alpha value is -1.55. The summed E-state index contributed by atoms with van der Waals surface area (Å²) in [4.78, 5) is 10.9. The first-order chi connectivity index (χ1) is 7.15. The third-order valence-electron chi connectivity index (χ3n) is 2.18. The molecule has 82 valence electrons. The highest BCUT2D eigenvalue weighted by Gasteiger charge is 2.17. The van der Waals surface area contributed by atoms with Crippen molar-refractivity contribution in [2.75, 3.05) is 14.2 Å². The first kappa shape index (κ1) is 11.5. The van der Waals surface area contributed by atoms with Crippen LogP contribution < -0.4 is 9.47 Å². The molecule has 4 nitrogen and oxygen atoms in total. The van der Waals surface area contributed by atoms with Gasteiger partial charge >= 0.3 is 0 Å². The fourth-order valence-corrected chi connectivity index (χ4v) is 1.50. The van der Waals surface area contributed by atoms with Gasteiger partial charge in [0, 0.05) is 5.56 Å². The molecule has 1 aromatic carbocycles. The minimum absolute atomic E-state index is 0.326. The fourth-order valence-electron chi connectivity index (χ4n) is 1.50. The highest BCUT2D eigenvalue weighted by atomic mass is 16.5. The van der Waals surface area contributed by atoms with E-state index in [1.165, 1.54) is 14.2 Å². The summed E-state index contributed by atoms with van der Waals surface area (Å²) >= 11 is 0. The second-order valence-electron chi connectivity index (χ2n) is 3.09. The van der Waals surface area contributed by atoms with Gasteiger partial charge in [0.15, 0.2) is 6.29 Å². The van der Waals surface area contributed by atoms with Crippen LogP contribution in [0.25, 0.3) is 0 Å². The van der Waals surface area contributed by atoms with Gasteiger partial charge in [0.1, 0.15) is 11.5 Å². The molecule has 0 aromatic heterocycles. The molecule has 4 heteroatoms. The van der Waals surface area contributed by atoms with Gasteiger partial charge in [-0.25, -0.2) is 0 Å². The molecular weight excluding hydrogens is 196 g/mol. The van der Waals surface area contributed by atoms with Crippen LogP contribution in [0.4, 0.5) is 0 Å². The molecule has 0 bridgehead atoms. The van der Waals surface area contributed by atoms with E-state index in [1.54, 1.807) is 19.1 Å². The Bertz CT molecular complexity index is 358. The summed E-state index contributed by atoms with van der Waals surface area (Å²) in [6.45, 7) is 1.57. The number of benzene rings is 1. The van der Waals surface area contributed by atoms with Crippen molar-refractivity contribution in [2.45, 2.75) is 13.0 Å². The third kappa shape index (κ3) is 2.10. The van der Waals surface area contributed by atoms with Gasteiger partial charge in [-0.05, 0) is 19.1 Å². The lowest BCUT2D eigenvalue weighted by Gasteiger charge is -2.15. The van der Waals surface area contributed by atoms with E-state index >= 15 is 0 Å². The maximum absolute atomic E-state index is 10.9. The molecule has 0 aliphatic rings. The Kier molecular flexibility index (Phi) is 3.68. The Labute approximate surface area is 88.4 Å². The first-order valence-corrected chi connectivity index (χ1v) is 4.53. The molecule has 1 rings (SSSR count). The molecule has 0 heterocycles. The van der Waals surface area contributed by atoms with E-state index in [0.29, 0.717) is 28.9 Å². The number of hydrogen-bond donors (Lipinski definition) is 1. The smallest absolute Gasteiger partial charge is 0.154 e. The zero-order chi connectivity index (χ0) is 11.4. The SMILES string of the molecule is COc1ccc(OC)c(C(C)O)c1C=O. The van der Waals surface area contributed by atoms with E-state index in [0.717, 1.165) is 0 Å². The van der Waals surface area contributed by atoms with Crippen LogP contribution in [0.5, 0.6) is 11.5 Å². The number of aliphatic hydroxyl groups excluding tert-OH is 1. The zero-order valence-electron chi connectivity index (χ0n) is 8.98. The molecular formula is C11H14O4. The topological polar surface area (TPSA) is 55.8 Å². The van der Waals surface area contributed by atoms with Crippen LogP contribution in [0.1, 0.15) is 28.9 Å². The third-order valence-corrected chi connectivity index (χ3v) is 2.18. The summed E-state index contributed by atoms with van der Waals surface area (Å²) in [6, 6.07) is 3.29. The van der Waals surface area contributed by atoms with Crippen LogP contribution in [-0.2, 0) is 0 Å². The highest BCUT2D eigenvalue weighted by Crippen LogP contribution is 2.33. The number of carbonyl (C=O) groups excluding carboxylic acids is 1. The van der Waals surface area contributed by atoms with Crippen molar-refractivity contribution in [1.82, 2.24) is 0 Å². The number of methoxy groups -OCH3 is 2. The minimum atomic E-state index is -0.782. The van der Waals surface area contributed by atoms with Crippen molar-refractivity contribution in [1.29, 1.82) is 0 Å². The Morgan fingerprint density at radius 2 is 1.80 bits per heavy atom. The molecule has 1 unspecified atom stereocenters. The Morgan fingerprint density at radius 1 is 1.27 bits per heavy atom. The molecule has 0 saturated carbocycles. The monoisotopic (exact) mass is 210 g/mol. The minimum Gasteiger partial charge on any atom is -0.496 e. The summed E-state index contributed by atoms with van der Waals surface area (Å²) in [5.74, 6) is 0.912. The predicted octanol–water partition coefficient (Wildman–Crippen LogP) is 1.57. The molecule has 0 aliphatic heterocycles. The van der Waals surface area contributed by atoms with Crippen LogP contribution in [0.3, 0.4) is 0 Å². The second-order valence-corrected chi connectivity index (χ2v) is 3.09. The van der Waals surface area contributed by atoms with E-state index < -0.39 is 6.10 Å². The lowest BCUT2D eigenvalue weighted by Crippen LogP contribution is -2.03. The number of rotatable bonds is 4. The van der Waals surface area contributed by atoms with Crippen LogP contribution >= 0.6 is 0 Å². The van der Waals surface area contributed by atoms with Crippen molar-refractivity contribution in [3.63, 3.8) is 0 Å². The van der Waals surface area contributed by atoms with E-state index in [9.17, 15) is 9.90 Å². The van der Waals surface area contributed by atoms with Gasteiger partial charge in [0.05, 0.1) is 25.9 Å². The lowest BCUT2D eigenvalue weighted by atomic mass is 10.0. The molecule has 0 spiro atoms. The zero-order valence-corrected chi connectivity index (χ0v) is 8.98. The first-order valence-electron chi connectivity index (χ1n) is 4.53. The highest BCUT2D eigenvalue weighted by molar-refractivity contribution is 5.83. The van der Waals surface area contributed by atoms with Crippen molar-refractivity contribution < 1.29 is 19.4 Å². The summed E-state index contributed by atoms with van der Waals surface area (Å²) in [5.41, 5.74) is 0.777. The number of aliphatic hydroxyl groups is 1. The Balaban J connectivity index is 3.44. The quantitative estimate of drug-likeness (QED) is 0.766. The molecule has 0 radical (unpaired) electrons. The van der Waals surface area contributed by atoms with Gasteiger partial charge in [0.2, 0.25) is 0 Å². The van der Waals surface area contributed by atoms with Gasteiger partial charge < -0.3 is 14.6 Å². The molecule has 1 aromatic rings. The molecule has 1 atom stereocenters. The molecule has 1 N–H and O–H groups in total. The maximum atomic E-state index is 10.9. The molecule has 0 fully saturated rings. The number of aldehydes is 1. The maximum Gasteiger partial charge on any atom is 0.154 e. The van der Waals surface area contributed by atoms with Crippen molar-refractivity contribution >= 4 is 6.29 Å². The van der Waals surface area contributed by atoms with Gasteiger partial charge in [-0.1, -0.05) is 0 Å². The number of hydrogen-bond acceptors (Lipinski definition) is 4. The standard InChI is InChI=1S/C11H14O4/c1-7(13)11-8(6-12)9(14-2)4-5-10(11)15-3/h4-7,13H,1-3H3. The van der Waals surface area contributed by atoms with Crippen LogP contribution in [0.15, 0.2) is 12.1 Å². The average Bonchev–Trinajstić information content (AvgIpc) is 2.26. The molecule has 0 aliphatic carbocycles. The van der Waals surface area contributed by atoms with E-state index in [-0.39, 0.29) is 0 Å². The van der Waals surface area contributed by atoms with E-state index in [1.807, 2.05) is 0 Å². The summed E-state index contributed by atoms with van der Waals surface area (Å²) in [7, 11) is 2.96. The van der Waals surface area contributed by atoms with Gasteiger partial charge in [0.25, 0.3) is 0 Å². The summed E-state index contributed by atoms with van der Waals surface area (Å²) in [6.07, 6.45) is -0.126. The number of carbonyl (C=O) groups is 1. The van der Waals surface area contributed by atoms with Crippen molar-refractivity contribution in [2.24, 2.45) is 0 Å². The molecule has 0 amide bonds. The average molecular weight is 210 g/mol. The van der Waals surface area contributed by atoms with Crippen LogP contribution in [0, 0.1) is 0 Å². The summed E-state index contributed by atoms with van der Waals surface area (Å²) < 4.78 is 10.1. The van der Waals surface area contributed by atoms with Gasteiger partial charge in [-0.2, -0.15) is 0 Å². The van der Waals surface area contributed by atoms with E-state index in [2.05, 4.69) is 0 Å².